The van der Waals surface area contributed by atoms with Crippen molar-refractivity contribution in [3.8, 4) is 11.6 Å². The van der Waals surface area contributed by atoms with Crippen molar-refractivity contribution >= 4 is 19.2 Å². The van der Waals surface area contributed by atoms with Crippen LogP contribution in [-0.4, -0.2) is 36.7 Å². The number of aromatic amines is 1. The fourth-order valence-corrected chi connectivity index (χ4v) is 4.96. The molecule has 0 fully saturated rings. The highest BCUT2D eigenvalue weighted by Gasteiger charge is 2.26. The number of phosphoric acid groups is 1. The first-order valence-electron chi connectivity index (χ1n) is 11.2. The fraction of sp³-hybridized carbons (Fsp3) is 0.375. The fourth-order valence-electron chi connectivity index (χ4n) is 3.16. The number of H-pyrrole nitrogens is 1. The summed E-state index contributed by atoms with van der Waals surface area (Å²) in [6.45, 7) is 5.63. The van der Waals surface area contributed by atoms with Crippen LogP contribution in [0.1, 0.15) is 41.5 Å². The van der Waals surface area contributed by atoms with E-state index in [9.17, 15) is 14.5 Å². The molecule has 0 aliphatic heterocycles. The van der Waals surface area contributed by atoms with Crippen LogP contribution in [0.2, 0.25) is 0 Å². The number of phosphoric ester groups is 1. The van der Waals surface area contributed by atoms with Gasteiger partial charge in [0.1, 0.15) is 18.5 Å². The molecule has 0 bridgehead atoms. The molecule has 0 radical (unpaired) electrons. The van der Waals surface area contributed by atoms with Gasteiger partial charge in [0.15, 0.2) is 6.79 Å². The molecule has 190 valence electrons. The smallest absolute Gasteiger partial charge is 0.476 e. The minimum atomic E-state index is -3.69. The van der Waals surface area contributed by atoms with E-state index in [1.807, 2.05) is 55.5 Å². The van der Waals surface area contributed by atoms with E-state index in [-0.39, 0.29) is 37.4 Å². The predicted octanol–water partition coefficient (Wildman–Crippen LogP) is 5.33. The average molecular weight is 524 g/mol. The Morgan fingerprint density at radius 2 is 1.66 bits per heavy atom. The van der Waals surface area contributed by atoms with E-state index < -0.39 is 13.9 Å². The van der Waals surface area contributed by atoms with Gasteiger partial charge >= 0.3 is 12.7 Å². The van der Waals surface area contributed by atoms with Gasteiger partial charge in [-0.2, -0.15) is 0 Å². The van der Waals surface area contributed by atoms with E-state index in [4.69, 9.17) is 23.0 Å². The first-order valence-corrected chi connectivity index (χ1v) is 13.4. The highest BCUT2D eigenvalue weighted by molar-refractivity contribution is 7.48. The zero-order valence-corrected chi connectivity index (χ0v) is 21.6. The van der Waals surface area contributed by atoms with Crippen LogP contribution in [0.5, 0.6) is 11.6 Å². The first kappa shape index (κ1) is 27.1. The third-order valence-corrected chi connectivity index (χ3v) is 7.34. The van der Waals surface area contributed by atoms with Gasteiger partial charge < -0.3 is 14.6 Å². The summed E-state index contributed by atoms with van der Waals surface area (Å²) in [4.78, 5) is 14.0. The minimum Gasteiger partial charge on any atom is -0.494 e. The van der Waals surface area contributed by atoms with Crippen molar-refractivity contribution in [2.75, 3.05) is 26.6 Å². The first-order chi connectivity index (χ1) is 16.8. The molecule has 11 heteroatoms. The van der Waals surface area contributed by atoms with Crippen LogP contribution in [0.3, 0.4) is 0 Å². The number of aryl methyl sites for hydroxylation is 1. The molecule has 1 atom stereocenters. The maximum Gasteiger partial charge on any atom is 0.476 e. The molecule has 1 unspecified atom stereocenters. The maximum atomic E-state index is 12.5. The molecule has 0 saturated carbocycles. The van der Waals surface area contributed by atoms with E-state index in [0.29, 0.717) is 17.0 Å². The van der Waals surface area contributed by atoms with Crippen molar-refractivity contribution < 1.29 is 32.7 Å². The van der Waals surface area contributed by atoms with E-state index >= 15 is 0 Å². The number of hydrogen-bond donors (Lipinski definition) is 2. The zero-order chi connectivity index (χ0) is 25.3. The average Bonchev–Trinajstić information content (AvgIpc) is 3.14. The highest BCUT2D eigenvalue weighted by atomic mass is 32.1. The molecule has 3 rings (SSSR count). The van der Waals surface area contributed by atoms with E-state index in [1.165, 1.54) is 0 Å². The third-order valence-electron chi connectivity index (χ3n) is 4.89. The largest absolute Gasteiger partial charge is 0.494 e. The molecule has 9 nitrogen and oxygen atoms in total. The molecule has 1 aromatic heterocycles. The van der Waals surface area contributed by atoms with E-state index in [0.717, 1.165) is 28.0 Å². The van der Waals surface area contributed by atoms with E-state index in [2.05, 4.69) is 4.98 Å². The molecular weight excluding hydrogens is 493 g/mol. The summed E-state index contributed by atoms with van der Waals surface area (Å²) in [5, 5.41) is 9.77. The van der Waals surface area contributed by atoms with Crippen molar-refractivity contribution in [3.05, 3.63) is 79.8 Å². The van der Waals surface area contributed by atoms with Gasteiger partial charge in [-0.1, -0.05) is 53.3 Å². The van der Waals surface area contributed by atoms with Crippen LogP contribution in [0.4, 0.5) is 0 Å². The van der Waals surface area contributed by atoms with Crippen LogP contribution in [0, 0.1) is 6.92 Å². The van der Waals surface area contributed by atoms with Gasteiger partial charge in [0.05, 0.1) is 18.1 Å². The Bertz CT molecular complexity index is 1150. The second-order valence-corrected chi connectivity index (χ2v) is 10.3. The Balaban J connectivity index is 1.63. The molecule has 0 spiro atoms. The summed E-state index contributed by atoms with van der Waals surface area (Å²) < 4.78 is 39.9. The second-order valence-electron chi connectivity index (χ2n) is 7.51. The molecule has 3 aromatic rings. The number of aromatic nitrogens is 1. The van der Waals surface area contributed by atoms with Crippen LogP contribution in [0.25, 0.3) is 0 Å². The van der Waals surface area contributed by atoms with Gasteiger partial charge in [-0.25, -0.2) is 4.57 Å². The Hall–Kier alpha value is -2.46. The molecule has 0 amide bonds. The van der Waals surface area contributed by atoms with Gasteiger partial charge in [-0.05, 0) is 44.0 Å². The Labute approximate surface area is 208 Å². The lowest BCUT2D eigenvalue weighted by Gasteiger charge is -2.21. The van der Waals surface area contributed by atoms with Gasteiger partial charge in [-0.15, -0.1) is 0 Å². The third kappa shape index (κ3) is 8.31. The topological polar surface area (TPSA) is 116 Å². The second kappa shape index (κ2) is 13.0. The highest BCUT2D eigenvalue weighted by Crippen LogP contribution is 2.49. The van der Waals surface area contributed by atoms with Crippen LogP contribution in [-0.2, 0) is 29.3 Å². The zero-order valence-electron chi connectivity index (χ0n) is 19.9. The molecule has 2 N–H and O–H groups in total. The van der Waals surface area contributed by atoms with Crippen molar-refractivity contribution in [1.82, 2.24) is 4.98 Å². The molecule has 0 saturated heterocycles. The lowest BCUT2D eigenvalue weighted by Crippen LogP contribution is -2.16. The molecule has 35 heavy (non-hydrogen) atoms. The standard InChI is InChI=1S/C24H30NO8PS/c1-4-31-34(28,32-5-2)33-16-30-21(19-10-6-17(3)7-11-19)15-29-20-12-8-18(9-13-20)14-22-23(26)25-24(27)35-22/h6-13,21,26H,4-5,14-16H2,1-3H3,(H,25,27). The number of aromatic hydroxyl groups is 1. The van der Waals surface area contributed by atoms with Crippen LogP contribution in [0.15, 0.2) is 53.3 Å². The number of nitrogens with one attached hydrogen (secondary N) is 1. The number of thiazole rings is 1. The summed E-state index contributed by atoms with van der Waals surface area (Å²) in [5.41, 5.74) is 2.90. The Morgan fingerprint density at radius 3 is 2.23 bits per heavy atom. The molecule has 0 aliphatic carbocycles. The summed E-state index contributed by atoms with van der Waals surface area (Å²) in [6, 6.07) is 15.2. The molecule has 0 aliphatic rings. The van der Waals surface area contributed by atoms with Crippen LogP contribution >= 0.6 is 19.2 Å². The quantitative estimate of drug-likeness (QED) is 0.215. The number of ether oxygens (including phenoxy) is 2. The summed E-state index contributed by atoms with van der Waals surface area (Å²) >= 11 is 0.983. The normalized spacial score (nSPS) is 12.5. The summed E-state index contributed by atoms with van der Waals surface area (Å²) in [7, 11) is -3.69. The van der Waals surface area contributed by atoms with Gasteiger partial charge in [0.2, 0.25) is 5.88 Å². The summed E-state index contributed by atoms with van der Waals surface area (Å²) in [6.07, 6.45) is -0.0668. The Morgan fingerprint density at radius 1 is 1.00 bits per heavy atom. The monoisotopic (exact) mass is 523 g/mol. The van der Waals surface area contributed by atoms with Gasteiger partial charge in [0.25, 0.3) is 0 Å². The van der Waals surface area contributed by atoms with Crippen molar-refractivity contribution in [1.29, 1.82) is 0 Å². The van der Waals surface area contributed by atoms with Crippen molar-refractivity contribution in [3.63, 3.8) is 0 Å². The molecular formula is C24H30NO8PS. The number of benzene rings is 2. The van der Waals surface area contributed by atoms with Crippen molar-refractivity contribution in [2.24, 2.45) is 0 Å². The van der Waals surface area contributed by atoms with Gasteiger partial charge in [0, 0.05) is 6.42 Å². The van der Waals surface area contributed by atoms with E-state index in [1.54, 1.807) is 13.8 Å². The number of rotatable bonds is 14. The molecule has 1 heterocycles. The molecule has 2 aromatic carbocycles. The number of hydrogen-bond acceptors (Lipinski definition) is 9. The van der Waals surface area contributed by atoms with Crippen LogP contribution < -0.4 is 9.61 Å². The van der Waals surface area contributed by atoms with Crippen molar-refractivity contribution in [2.45, 2.75) is 33.3 Å². The predicted molar refractivity (Wildman–Crippen MR) is 133 cm³/mol. The SMILES string of the molecule is CCOP(=O)(OCC)OCOC(COc1ccc(Cc2sc(=O)[nH]c2O)cc1)c1ccc(C)cc1. The van der Waals surface area contributed by atoms with Gasteiger partial charge in [-0.3, -0.25) is 23.3 Å². The lowest BCUT2D eigenvalue weighted by molar-refractivity contribution is -0.0690. The maximum absolute atomic E-state index is 12.5. The summed E-state index contributed by atoms with van der Waals surface area (Å²) in [5.74, 6) is 0.523. The lowest BCUT2D eigenvalue weighted by atomic mass is 10.1. The Kier molecular flexibility index (Phi) is 10.1. The minimum absolute atomic E-state index is 0.0983.